The molecule has 0 aromatic heterocycles. The second-order valence-electron chi connectivity index (χ2n) is 5.92. The highest BCUT2D eigenvalue weighted by Gasteiger charge is 2.22. The lowest BCUT2D eigenvalue weighted by molar-refractivity contribution is -0.892. The minimum absolute atomic E-state index is 0.109. The van der Waals surface area contributed by atoms with Crippen LogP contribution in [0.2, 0.25) is 0 Å². The molecule has 1 aliphatic rings. The third-order valence-corrected chi connectivity index (χ3v) is 4.20. The first kappa shape index (κ1) is 16.4. The zero-order chi connectivity index (χ0) is 16.9. The molecule has 0 bridgehead atoms. The molecule has 1 fully saturated rings. The van der Waals surface area contributed by atoms with E-state index in [1.165, 1.54) is 5.69 Å². The van der Waals surface area contributed by atoms with Gasteiger partial charge in [-0.2, -0.15) is 0 Å². The highest BCUT2D eigenvalue weighted by Crippen LogP contribution is 2.15. The largest absolute Gasteiger partial charge is 0.360 e. The molecule has 6 heteroatoms. The Labute approximate surface area is 139 Å². The third kappa shape index (κ3) is 4.08. The van der Waals surface area contributed by atoms with E-state index in [1.807, 2.05) is 18.2 Å². The number of nitrogens with one attached hydrogen (secondary N) is 2. The van der Waals surface area contributed by atoms with E-state index in [1.54, 1.807) is 0 Å². The number of piperazine rings is 1. The van der Waals surface area contributed by atoms with Crippen molar-refractivity contribution in [3.8, 4) is 0 Å². The minimum atomic E-state index is -0.631. The Bertz CT molecular complexity index is 701. The molecular formula is C18H20F2N3O+. The highest BCUT2D eigenvalue weighted by atomic mass is 19.1. The van der Waals surface area contributed by atoms with Gasteiger partial charge in [-0.15, -0.1) is 0 Å². The molecule has 0 aliphatic carbocycles. The van der Waals surface area contributed by atoms with Crippen molar-refractivity contribution >= 4 is 17.3 Å². The molecule has 1 amide bonds. The number of para-hydroxylation sites is 1. The van der Waals surface area contributed by atoms with Crippen LogP contribution >= 0.6 is 0 Å². The Balaban J connectivity index is 1.51. The van der Waals surface area contributed by atoms with Crippen LogP contribution in [0.5, 0.6) is 0 Å². The van der Waals surface area contributed by atoms with Gasteiger partial charge >= 0.3 is 0 Å². The van der Waals surface area contributed by atoms with E-state index in [4.69, 9.17) is 0 Å². The smallest absolute Gasteiger partial charge is 0.279 e. The molecule has 126 valence electrons. The number of halogens is 2. The summed E-state index contributed by atoms with van der Waals surface area (Å²) in [5, 5.41) is 2.45. The molecule has 2 N–H and O–H groups in total. The van der Waals surface area contributed by atoms with E-state index >= 15 is 0 Å². The van der Waals surface area contributed by atoms with E-state index in [0.29, 0.717) is 0 Å². The summed E-state index contributed by atoms with van der Waals surface area (Å²) < 4.78 is 26.7. The summed E-state index contributed by atoms with van der Waals surface area (Å²) in [5.41, 5.74) is 1.07. The fourth-order valence-electron chi connectivity index (χ4n) is 2.91. The second-order valence-corrected chi connectivity index (χ2v) is 5.92. The predicted molar refractivity (Wildman–Crippen MR) is 89.2 cm³/mol. The van der Waals surface area contributed by atoms with Crippen LogP contribution in [0.15, 0.2) is 48.5 Å². The Morgan fingerprint density at radius 3 is 2.50 bits per heavy atom. The first-order valence-corrected chi connectivity index (χ1v) is 8.00. The number of hydrogen-bond acceptors (Lipinski definition) is 2. The standard InChI is InChI=1S/C18H19F2N3O/c19-14-6-7-16(20)17(12-14)21-18(24)13-22-8-10-23(11-9-22)15-4-2-1-3-5-15/h1-7,12H,8-11,13H2,(H,21,24)/p+1. The molecule has 0 unspecified atom stereocenters. The predicted octanol–water partition coefficient (Wildman–Crippen LogP) is 1.31. The number of carbonyl (C=O) groups is 1. The number of carbonyl (C=O) groups excluding carboxylic acids is 1. The highest BCUT2D eigenvalue weighted by molar-refractivity contribution is 5.91. The molecule has 1 heterocycles. The van der Waals surface area contributed by atoms with Gasteiger partial charge in [0.1, 0.15) is 11.6 Å². The van der Waals surface area contributed by atoms with Crippen molar-refractivity contribution in [2.75, 3.05) is 42.9 Å². The molecule has 1 aliphatic heterocycles. The number of hydrogen-bond donors (Lipinski definition) is 2. The van der Waals surface area contributed by atoms with Crippen molar-refractivity contribution in [2.24, 2.45) is 0 Å². The molecule has 4 nitrogen and oxygen atoms in total. The molecule has 24 heavy (non-hydrogen) atoms. The summed E-state index contributed by atoms with van der Waals surface area (Å²) in [6.07, 6.45) is 0. The van der Waals surface area contributed by atoms with Gasteiger partial charge in [0.05, 0.1) is 31.9 Å². The number of quaternary nitrogens is 1. The molecule has 2 aromatic carbocycles. The molecule has 0 saturated carbocycles. The Morgan fingerprint density at radius 2 is 1.79 bits per heavy atom. The first-order chi connectivity index (χ1) is 11.6. The van der Waals surface area contributed by atoms with Gasteiger partial charge in [0, 0.05) is 11.8 Å². The van der Waals surface area contributed by atoms with Crippen LogP contribution in [0.1, 0.15) is 0 Å². The molecular weight excluding hydrogens is 312 g/mol. The number of benzene rings is 2. The SMILES string of the molecule is O=C(C[NH+]1CCN(c2ccccc2)CC1)Nc1cc(F)ccc1F. The van der Waals surface area contributed by atoms with Crippen LogP contribution in [0.3, 0.4) is 0 Å². The maximum absolute atomic E-state index is 13.6. The van der Waals surface area contributed by atoms with E-state index in [9.17, 15) is 13.6 Å². The van der Waals surface area contributed by atoms with Gasteiger partial charge in [-0.3, -0.25) is 4.79 Å². The number of nitrogens with zero attached hydrogens (tertiary/aromatic N) is 1. The van der Waals surface area contributed by atoms with Gasteiger partial charge in [-0.05, 0) is 24.3 Å². The molecule has 3 rings (SSSR count). The van der Waals surface area contributed by atoms with Gasteiger partial charge in [-0.1, -0.05) is 18.2 Å². The van der Waals surface area contributed by atoms with Gasteiger partial charge in [0.15, 0.2) is 6.54 Å². The van der Waals surface area contributed by atoms with Crippen LogP contribution in [0.4, 0.5) is 20.2 Å². The Hall–Kier alpha value is -2.47. The first-order valence-electron chi connectivity index (χ1n) is 8.00. The van der Waals surface area contributed by atoms with E-state index in [2.05, 4.69) is 22.3 Å². The normalized spacial score (nSPS) is 15.3. The van der Waals surface area contributed by atoms with Gasteiger partial charge in [-0.25, -0.2) is 8.78 Å². The van der Waals surface area contributed by atoms with Crippen molar-refractivity contribution in [3.05, 3.63) is 60.2 Å². The van der Waals surface area contributed by atoms with Gasteiger partial charge in [0.2, 0.25) is 0 Å². The van der Waals surface area contributed by atoms with Crippen molar-refractivity contribution in [1.82, 2.24) is 0 Å². The quantitative estimate of drug-likeness (QED) is 0.886. The molecule has 2 aromatic rings. The van der Waals surface area contributed by atoms with Crippen LogP contribution in [-0.2, 0) is 4.79 Å². The summed E-state index contributed by atoms with van der Waals surface area (Å²) in [5.74, 6) is -1.51. The van der Waals surface area contributed by atoms with E-state index in [0.717, 1.165) is 49.3 Å². The van der Waals surface area contributed by atoms with E-state index in [-0.39, 0.29) is 18.1 Å². The number of anilines is 2. The van der Waals surface area contributed by atoms with Crippen molar-refractivity contribution in [3.63, 3.8) is 0 Å². The summed E-state index contributed by atoms with van der Waals surface area (Å²) in [7, 11) is 0. The van der Waals surface area contributed by atoms with Gasteiger partial charge < -0.3 is 15.1 Å². The van der Waals surface area contributed by atoms with Crippen molar-refractivity contribution in [2.45, 2.75) is 0 Å². The zero-order valence-corrected chi connectivity index (χ0v) is 13.3. The third-order valence-electron chi connectivity index (χ3n) is 4.20. The fraction of sp³-hybridized carbons (Fsp3) is 0.278. The monoisotopic (exact) mass is 332 g/mol. The topological polar surface area (TPSA) is 36.8 Å². The number of amides is 1. The lowest BCUT2D eigenvalue weighted by Gasteiger charge is -2.33. The second kappa shape index (κ2) is 7.40. The lowest BCUT2D eigenvalue weighted by atomic mass is 10.2. The Morgan fingerprint density at radius 1 is 1.08 bits per heavy atom. The maximum atomic E-state index is 13.6. The van der Waals surface area contributed by atoms with Gasteiger partial charge in [0.25, 0.3) is 5.91 Å². The molecule has 0 radical (unpaired) electrons. The van der Waals surface area contributed by atoms with Crippen molar-refractivity contribution in [1.29, 1.82) is 0 Å². The summed E-state index contributed by atoms with van der Waals surface area (Å²) >= 11 is 0. The maximum Gasteiger partial charge on any atom is 0.279 e. The minimum Gasteiger partial charge on any atom is -0.360 e. The lowest BCUT2D eigenvalue weighted by Crippen LogP contribution is -3.15. The average Bonchev–Trinajstić information content (AvgIpc) is 2.59. The van der Waals surface area contributed by atoms with E-state index < -0.39 is 11.6 Å². The zero-order valence-electron chi connectivity index (χ0n) is 13.3. The Kier molecular flexibility index (Phi) is 5.05. The molecule has 1 saturated heterocycles. The van der Waals surface area contributed by atoms with Crippen LogP contribution < -0.4 is 15.1 Å². The van der Waals surface area contributed by atoms with Crippen LogP contribution in [0.25, 0.3) is 0 Å². The molecule has 0 atom stereocenters. The summed E-state index contributed by atoms with van der Waals surface area (Å²) in [4.78, 5) is 15.5. The fourth-order valence-corrected chi connectivity index (χ4v) is 2.91. The molecule has 0 spiro atoms. The average molecular weight is 332 g/mol. The van der Waals surface area contributed by atoms with Crippen LogP contribution in [0, 0.1) is 11.6 Å². The van der Waals surface area contributed by atoms with Crippen molar-refractivity contribution < 1.29 is 18.5 Å². The summed E-state index contributed by atoms with van der Waals surface area (Å²) in [6, 6.07) is 13.2. The van der Waals surface area contributed by atoms with Crippen LogP contribution in [-0.4, -0.2) is 38.6 Å². The summed E-state index contributed by atoms with van der Waals surface area (Å²) in [6.45, 7) is 3.63. The number of rotatable bonds is 4.